The summed E-state index contributed by atoms with van der Waals surface area (Å²) in [6, 6.07) is 6.95. The van der Waals surface area contributed by atoms with Gasteiger partial charge in [0.05, 0.1) is 0 Å². The minimum atomic E-state index is -1.39. The highest BCUT2D eigenvalue weighted by Crippen LogP contribution is 2.27. The molecule has 0 aliphatic carbocycles. The van der Waals surface area contributed by atoms with Crippen LogP contribution in [0, 0.1) is 0 Å². The fourth-order valence-electron chi connectivity index (χ4n) is 3.22. The normalized spacial score (nSPS) is 24.6. The third-order valence-electron chi connectivity index (χ3n) is 4.42. The van der Waals surface area contributed by atoms with E-state index in [1.807, 2.05) is 0 Å². The van der Waals surface area contributed by atoms with Crippen LogP contribution in [0.25, 0.3) is 0 Å². The average Bonchev–Trinajstić information content (AvgIpc) is 2.70. The SMILES string of the molecule is CC(=O)NCC1OC(OC(C)=O)C(NC(=O)c2ccccc2)C(OC(C)=O)C1OC(C)=O. The highest BCUT2D eigenvalue weighted by molar-refractivity contribution is 5.94. The number of carbonyl (C=O) groups is 5. The minimum Gasteiger partial charge on any atom is -0.456 e. The maximum absolute atomic E-state index is 12.8. The molecule has 2 amide bonds. The second-order valence-electron chi connectivity index (χ2n) is 7.10. The van der Waals surface area contributed by atoms with Gasteiger partial charge in [-0.1, -0.05) is 18.2 Å². The number of nitrogens with one attached hydrogen (secondary N) is 2. The van der Waals surface area contributed by atoms with Crippen molar-refractivity contribution in [3.8, 4) is 0 Å². The first kappa shape index (κ1) is 24.8. The molecule has 0 aromatic heterocycles. The summed E-state index contributed by atoms with van der Waals surface area (Å²) in [6.07, 6.45) is -4.92. The summed E-state index contributed by atoms with van der Waals surface area (Å²) in [4.78, 5) is 59.5. The van der Waals surface area contributed by atoms with Gasteiger partial charge in [0.15, 0.2) is 12.2 Å². The van der Waals surface area contributed by atoms with Crippen molar-refractivity contribution >= 4 is 29.7 Å². The van der Waals surface area contributed by atoms with Crippen LogP contribution in [0.3, 0.4) is 0 Å². The van der Waals surface area contributed by atoms with Gasteiger partial charge >= 0.3 is 17.9 Å². The molecule has 32 heavy (non-hydrogen) atoms. The Labute approximate surface area is 184 Å². The number of amides is 2. The standard InChI is InChI=1S/C21H26N2O9/c1-11(24)22-10-16-18(29-12(2)25)19(30-13(3)26)17(21(32-16)31-14(4)27)23-20(28)15-8-6-5-7-9-15/h5-9,16-19,21H,10H2,1-4H3,(H,22,24)(H,23,28). The van der Waals surface area contributed by atoms with E-state index in [1.54, 1.807) is 30.3 Å². The van der Waals surface area contributed by atoms with Crippen molar-refractivity contribution in [3.05, 3.63) is 35.9 Å². The maximum atomic E-state index is 12.8. The molecule has 1 fully saturated rings. The Bertz CT molecular complexity index is 858. The van der Waals surface area contributed by atoms with Gasteiger partial charge in [0, 0.05) is 39.8 Å². The molecule has 11 nitrogen and oxygen atoms in total. The molecule has 5 unspecified atom stereocenters. The van der Waals surface area contributed by atoms with Gasteiger partial charge in [-0.25, -0.2) is 0 Å². The first-order valence-electron chi connectivity index (χ1n) is 9.86. The lowest BCUT2D eigenvalue weighted by atomic mass is 9.95. The Hall–Kier alpha value is -3.47. The lowest BCUT2D eigenvalue weighted by Gasteiger charge is -2.44. The first-order valence-corrected chi connectivity index (χ1v) is 9.86. The summed E-state index contributed by atoms with van der Waals surface area (Å²) in [6.45, 7) is 4.57. The molecule has 1 aromatic carbocycles. The molecule has 0 saturated carbocycles. The van der Waals surface area contributed by atoms with Gasteiger partial charge in [-0.15, -0.1) is 0 Å². The zero-order valence-corrected chi connectivity index (χ0v) is 18.2. The molecule has 2 rings (SSSR count). The molecular formula is C21H26N2O9. The zero-order valence-electron chi connectivity index (χ0n) is 18.2. The van der Waals surface area contributed by atoms with Gasteiger partial charge < -0.3 is 29.6 Å². The van der Waals surface area contributed by atoms with Gasteiger partial charge in [0.1, 0.15) is 12.1 Å². The zero-order chi connectivity index (χ0) is 23.8. The second-order valence-corrected chi connectivity index (χ2v) is 7.10. The van der Waals surface area contributed by atoms with E-state index in [0.717, 1.165) is 20.8 Å². The summed E-state index contributed by atoms with van der Waals surface area (Å²) in [5.74, 6) is -3.10. The van der Waals surface area contributed by atoms with Crippen LogP contribution < -0.4 is 10.6 Å². The number of benzene rings is 1. The van der Waals surface area contributed by atoms with Crippen molar-refractivity contribution < 1.29 is 42.9 Å². The summed E-state index contributed by atoms with van der Waals surface area (Å²) in [5.41, 5.74) is 0.292. The molecule has 1 aromatic rings. The molecule has 1 aliphatic heterocycles. The van der Waals surface area contributed by atoms with E-state index in [0.29, 0.717) is 5.56 Å². The molecule has 1 aliphatic rings. The lowest BCUT2D eigenvalue weighted by Crippen LogP contribution is -2.67. The number of hydrogen-bond acceptors (Lipinski definition) is 9. The fourth-order valence-corrected chi connectivity index (χ4v) is 3.22. The molecule has 11 heteroatoms. The van der Waals surface area contributed by atoms with E-state index < -0.39 is 54.5 Å². The van der Waals surface area contributed by atoms with E-state index in [1.165, 1.54) is 6.92 Å². The molecular weight excluding hydrogens is 424 g/mol. The van der Waals surface area contributed by atoms with E-state index in [4.69, 9.17) is 18.9 Å². The Morgan fingerprint density at radius 1 is 0.844 bits per heavy atom. The van der Waals surface area contributed by atoms with Crippen molar-refractivity contribution in [1.29, 1.82) is 0 Å². The molecule has 5 atom stereocenters. The number of hydrogen-bond donors (Lipinski definition) is 2. The van der Waals surface area contributed by atoms with Crippen LogP contribution in [0.15, 0.2) is 30.3 Å². The Morgan fingerprint density at radius 2 is 1.41 bits per heavy atom. The third-order valence-corrected chi connectivity index (χ3v) is 4.42. The smallest absolute Gasteiger partial charge is 0.305 e. The molecule has 1 heterocycles. The van der Waals surface area contributed by atoms with Crippen LogP contribution in [-0.2, 0) is 38.1 Å². The number of carbonyl (C=O) groups excluding carboxylic acids is 5. The van der Waals surface area contributed by atoms with Crippen LogP contribution >= 0.6 is 0 Å². The fraction of sp³-hybridized carbons (Fsp3) is 0.476. The minimum absolute atomic E-state index is 0.137. The number of esters is 3. The molecule has 2 N–H and O–H groups in total. The predicted octanol–water partition coefficient (Wildman–Crippen LogP) is 0.0725. The van der Waals surface area contributed by atoms with Crippen LogP contribution in [0.5, 0.6) is 0 Å². The van der Waals surface area contributed by atoms with Gasteiger partial charge in [-0.2, -0.15) is 0 Å². The maximum Gasteiger partial charge on any atom is 0.305 e. The number of ether oxygens (including phenoxy) is 4. The van der Waals surface area contributed by atoms with E-state index in [9.17, 15) is 24.0 Å². The van der Waals surface area contributed by atoms with Gasteiger partial charge in [-0.3, -0.25) is 24.0 Å². The topological polar surface area (TPSA) is 146 Å². The van der Waals surface area contributed by atoms with Crippen LogP contribution in [0.2, 0.25) is 0 Å². The predicted molar refractivity (Wildman–Crippen MR) is 108 cm³/mol. The number of rotatable bonds is 7. The molecule has 0 bridgehead atoms. The molecule has 174 valence electrons. The molecule has 1 saturated heterocycles. The van der Waals surface area contributed by atoms with Crippen molar-refractivity contribution in [2.24, 2.45) is 0 Å². The molecule has 0 radical (unpaired) electrons. The lowest BCUT2D eigenvalue weighted by molar-refractivity contribution is -0.262. The average molecular weight is 450 g/mol. The van der Waals surface area contributed by atoms with Gasteiger partial charge in [0.25, 0.3) is 5.91 Å². The first-order chi connectivity index (χ1) is 15.1. The third kappa shape index (κ3) is 7.05. The largest absolute Gasteiger partial charge is 0.456 e. The van der Waals surface area contributed by atoms with Crippen LogP contribution in [0.4, 0.5) is 0 Å². The van der Waals surface area contributed by atoms with Crippen LogP contribution in [-0.4, -0.2) is 66.9 Å². The van der Waals surface area contributed by atoms with Crippen molar-refractivity contribution in [3.63, 3.8) is 0 Å². The van der Waals surface area contributed by atoms with E-state index in [-0.39, 0.29) is 12.5 Å². The summed E-state index contributed by atoms with van der Waals surface area (Å²) in [5, 5.41) is 5.16. The van der Waals surface area contributed by atoms with Crippen molar-refractivity contribution in [1.82, 2.24) is 10.6 Å². The molecule has 0 spiro atoms. The summed E-state index contributed by atoms with van der Waals surface area (Å²) < 4.78 is 21.7. The van der Waals surface area contributed by atoms with Gasteiger partial charge in [0.2, 0.25) is 12.2 Å². The Kier molecular flexibility index (Phi) is 8.71. The summed E-state index contributed by atoms with van der Waals surface area (Å²) in [7, 11) is 0. The van der Waals surface area contributed by atoms with Gasteiger partial charge in [-0.05, 0) is 12.1 Å². The quantitative estimate of drug-likeness (QED) is 0.435. The van der Waals surface area contributed by atoms with E-state index >= 15 is 0 Å². The highest BCUT2D eigenvalue weighted by atomic mass is 16.7. The highest BCUT2D eigenvalue weighted by Gasteiger charge is 2.52. The second kappa shape index (κ2) is 11.2. The Morgan fingerprint density at radius 3 is 1.94 bits per heavy atom. The van der Waals surface area contributed by atoms with Crippen molar-refractivity contribution in [2.45, 2.75) is 58.3 Å². The van der Waals surface area contributed by atoms with Crippen molar-refractivity contribution in [2.75, 3.05) is 6.54 Å². The summed E-state index contributed by atoms with van der Waals surface area (Å²) >= 11 is 0. The van der Waals surface area contributed by atoms with Crippen LogP contribution in [0.1, 0.15) is 38.1 Å². The van der Waals surface area contributed by atoms with E-state index in [2.05, 4.69) is 10.6 Å². The monoisotopic (exact) mass is 450 g/mol. The Balaban J connectivity index is 2.44.